The van der Waals surface area contributed by atoms with Gasteiger partial charge in [-0.05, 0) is 53.1 Å². The van der Waals surface area contributed by atoms with E-state index in [0.717, 1.165) is 15.2 Å². The number of anilines is 2. The summed E-state index contributed by atoms with van der Waals surface area (Å²) in [5.41, 5.74) is 1.35. The molecule has 1 unspecified atom stereocenters. The molecule has 3 amide bonds. The van der Waals surface area contributed by atoms with Gasteiger partial charge in [0.05, 0.1) is 0 Å². The summed E-state index contributed by atoms with van der Waals surface area (Å²) < 4.78 is 0.924. The molecule has 0 heterocycles. The van der Waals surface area contributed by atoms with Crippen molar-refractivity contribution in [3.63, 3.8) is 0 Å². The van der Waals surface area contributed by atoms with Gasteiger partial charge in [0.2, 0.25) is 5.91 Å². The summed E-state index contributed by atoms with van der Waals surface area (Å²) in [5, 5.41) is 10.6. The van der Waals surface area contributed by atoms with Crippen LogP contribution in [0.25, 0.3) is 10.8 Å². The summed E-state index contributed by atoms with van der Waals surface area (Å²) in [5.74, 6) is -0.327. The fraction of sp³-hybridized carbons (Fsp3) is 0.182. The highest BCUT2D eigenvalue weighted by molar-refractivity contribution is 9.10. The Bertz CT molecular complexity index is 986. The molecule has 3 rings (SSSR count). The highest BCUT2D eigenvalue weighted by Crippen LogP contribution is 2.19. The lowest BCUT2D eigenvalue weighted by Crippen LogP contribution is -2.48. The van der Waals surface area contributed by atoms with Gasteiger partial charge in [0.15, 0.2) is 0 Å². The van der Waals surface area contributed by atoms with Crippen LogP contribution < -0.4 is 16.0 Å². The van der Waals surface area contributed by atoms with E-state index < -0.39 is 12.1 Å². The number of urea groups is 1. The van der Waals surface area contributed by atoms with Crippen LogP contribution in [0.2, 0.25) is 0 Å². The van der Waals surface area contributed by atoms with Crippen LogP contribution in [0.1, 0.15) is 13.8 Å². The van der Waals surface area contributed by atoms with E-state index in [-0.39, 0.29) is 11.8 Å². The maximum absolute atomic E-state index is 12.8. The fourth-order valence-corrected chi connectivity index (χ4v) is 3.13. The summed E-state index contributed by atoms with van der Waals surface area (Å²) in [4.78, 5) is 25.1. The highest BCUT2D eigenvalue weighted by atomic mass is 79.9. The first kappa shape index (κ1) is 19.9. The number of benzene rings is 3. The van der Waals surface area contributed by atoms with Crippen molar-refractivity contribution in [2.24, 2.45) is 5.92 Å². The summed E-state index contributed by atoms with van der Waals surface area (Å²) in [6.45, 7) is 3.79. The molecule has 6 heteroatoms. The largest absolute Gasteiger partial charge is 0.326 e. The van der Waals surface area contributed by atoms with Gasteiger partial charge in [-0.2, -0.15) is 0 Å². The van der Waals surface area contributed by atoms with Crippen LogP contribution in [-0.2, 0) is 4.79 Å². The Morgan fingerprint density at radius 1 is 0.821 bits per heavy atom. The molecule has 3 N–H and O–H groups in total. The molecule has 0 spiro atoms. The summed E-state index contributed by atoms with van der Waals surface area (Å²) in [7, 11) is 0. The molecule has 28 heavy (non-hydrogen) atoms. The second-order valence-corrected chi connectivity index (χ2v) is 7.79. The normalized spacial score (nSPS) is 11.9. The molecular weight excluding hydrogens is 418 g/mol. The SMILES string of the molecule is CC(C)C(NC(=O)Nc1ccc(Br)cc1)C(=O)Nc1ccc2ccccc2c1. The molecule has 0 aliphatic heterocycles. The minimum atomic E-state index is -0.665. The number of nitrogens with one attached hydrogen (secondary N) is 3. The van der Waals surface area contributed by atoms with Crippen molar-refractivity contribution in [2.45, 2.75) is 19.9 Å². The average Bonchev–Trinajstić information content (AvgIpc) is 2.67. The first-order chi connectivity index (χ1) is 13.4. The third-order valence-electron chi connectivity index (χ3n) is 4.35. The lowest BCUT2D eigenvalue weighted by Gasteiger charge is -2.22. The molecule has 0 aromatic heterocycles. The van der Waals surface area contributed by atoms with Crippen molar-refractivity contribution >= 4 is 50.0 Å². The molecule has 0 aliphatic carbocycles. The maximum atomic E-state index is 12.8. The minimum absolute atomic E-state index is 0.0730. The number of rotatable bonds is 5. The topological polar surface area (TPSA) is 70.2 Å². The molecule has 3 aromatic rings. The standard InChI is InChI=1S/C22H22BrN3O2/c1-14(2)20(26-22(28)25-18-11-8-17(23)9-12-18)21(27)24-19-10-7-15-5-3-4-6-16(15)13-19/h3-14,20H,1-2H3,(H,24,27)(H2,25,26,28). The van der Waals surface area contributed by atoms with Crippen LogP contribution in [0.4, 0.5) is 16.2 Å². The number of carbonyl (C=O) groups is 2. The van der Waals surface area contributed by atoms with Gasteiger partial charge in [-0.25, -0.2) is 4.79 Å². The van der Waals surface area contributed by atoms with Crippen LogP contribution in [0.3, 0.4) is 0 Å². The van der Waals surface area contributed by atoms with Crippen LogP contribution in [-0.4, -0.2) is 18.0 Å². The molecule has 5 nitrogen and oxygen atoms in total. The van der Waals surface area contributed by atoms with Crippen LogP contribution in [0, 0.1) is 5.92 Å². The van der Waals surface area contributed by atoms with Crippen LogP contribution in [0.15, 0.2) is 71.2 Å². The molecule has 0 radical (unpaired) electrons. The predicted molar refractivity (Wildman–Crippen MR) is 118 cm³/mol. The number of fused-ring (bicyclic) bond motifs is 1. The Labute approximate surface area is 172 Å². The lowest BCUT2D eigenvalue weighted by atomic mass is 10.0. The number of halogens is 1. The third kappa shape index (κ3) is 5.10. The third-order valence-corrected chi connectivity index (χ3v) is 4.88. The van der Waals surface area contributed by atoms with Crippen LogP contribution >= 0.6 is 15.9 Å². The zero-order chi connectivity index (χ0) is 20.1. The average molecular weight is 440 g/mol. The van der Waals surface area contributed by atoms with Crippen molar-refractivity contribution in [3.8, 4) is 0 Å². The molecule has 1 atom stereocenters. The zero-order valence-corrected chi connectivity index (χ0v) is 17.3. The Kier molecular flexibility index (Phi) is 6.31. The molecule has 144 valence electrons. The van der Waals surface area contributed by atoms with E-state index in [0.29, 0.717) is 11.4 Å². The fourth-order valence-electron chi connectivity index (χ4n) is 2.86. The lowest BCUT2D eigenvalue weighted by molar-refractivity contribution is -0.118. The van der Waals surface area contributed by atoms with E-state index in [1.807, 2.05) is 68.4 Å². The second kappa shape index (κ2) is 8.89. The summed E-state index contributed by atoms with van der Waals surface area (Å²) >= 11 is 3.36. The number of hydrogen-bond acceptors (Lipinski definition) is 2. The van der Waals surface area contributed by atoms with Gasteiger partial charge in [-0.15, -0.1) is 0 Å². The van der Waals surface area contributed by atoms with Crippen molar-refractivity contribution in [2.75, 3.05) is 10.6 Å². The zero-order valence-electron chi connectivity index (χ0n) is 15.7. The highest BCUT2D eigenvalue weighted by Gasteiger charge is 2.24. The monoisotopic (exact) mass is 439 g/mol. The van der Waals surface area contributed by atoms with Gasteiger partial charge in [0.1, 0.15) is 6.04 Å². The van der Waals surface area contributed by atoms with Gasteiger partial charge in [0, 0.05) is 15.8 Å². The van der Waals surface area contributed by atoms with E-state index in [1.165, 1.54) is 0 Å². The Morgan fingerprint density at radius 3 is 2.14 bits per heavy atom. The maximum Gasteiger partial charge on any atom is 0.319 e. The molecule has 0 aliphatic rings. The van der Waals surface area contributed by atoms with Gasteiger partial charge in [-0.3, -0.25) is 4.79 Å². The van der Waals surface area contributed by atoms with Gasteiger partial charge in [-0.1, -0.05) is 60.1 Å². The van der Waals surface area contributed by atoms with E-state index >= 15 is 0 Å². The van der Waals surface area contributed by atoms with Gasteiger partial charge >= 0.3 is 6.03 Å². The van der Waals surface area contributed by atoms with E-state index in [2.05, 4.69) is 31.9 Å². The van der Waals surface area contributed by atoms with Crippen molar-refractivity contribution in [1.82, 2.24) is 5.32 Å². The first-order valence-electron chi connectivity index (χ1n) is 9.05. The number of carbonyl (C=O) groups excluding carboxylic acids is 2. The Hall–Kier alpha value is -2.86. The van der Waals surface area contributed by atoms with E-state index in [4.69, 9.17) is 0 Å². The van der Waals surface area contributed by atoms with E-state index in [1.54, 1.807) is 12.1 Å². The minimum Gasteiger partial charge on any atom is -0.326 e. The van der Waals surface area contributed by atoms with Gasteiger partial charge < -0.3 is 16.0 Å². The molecule has 0 fully saturated rings. The molecule has 0 saturated heterocycles. The number of amides is 3. The molecule has 0 saturated carbocycles. The van der Waals surface area contributed by atoms with Gasteiger partial charge in [0.25, 0.3) is 0 Å². The quantitative estimate of drug-likeness (QED) is 0.498. The van der Waals surface area contributed by atoms with Crippen molar-refractivity contribution in [1.29, 1.82) is 0 Å². The smallest absolute Gasteiger partial charge is 0.319 e. The van der Waals surface area contributed by atoms with Crippen molar-refractivity contribution < 1.29 is 9.59 Å². The van der Waals surface area contributed by atoms with Crippen LogP contribution in [0.5, 0.6) is 0 Å². The van der Waals surface area contributed by atoms with E-state index in [9.17, 15) is 9.59 Å². The summed E-state index contributed by atoms with van der Waals surface area (Å²) in [6, 6.07) is 19.8. The Balaban J connectivity index is 1.67. The predicted octanol–water partition coefficient (Wildman–Crippen LogP) is 5.39. The molecule has 3 aromatic carbocycles. The van der Waals surface area contributed by atoms with Crippen molar-refractivity contribution in [3.05, 3.63) is 71.2 Å². The Morgan fingerprint density at radius 2 is 1.46 bits per heavy atom. The molecule has 0 bridgehead atoms. The summed E-state index contributed by atoms with van der Waals surface area (Å²) in [6.07, 6.45) is 0. The number of hydrogen-bond donors (Lipinski definition) is 3. The first-order valence-corrected chi connectivity index (χ1v) is 9.84. The molecular formula is C22H22BrN3O2. The second-order valence-electron chi connectivity index (χ2n) is 6.88.